The molecule has 4 rings (SSSR count). The quantitative estimate of drug-likeness (QED) is 0.705. The van der Waals surface area contributed by atoms with E-state index in [1.165, 1.54) is 12.8 Å². The number of nitrogens with one attached hydrogen (secondary N) is 1. The molecule has 2 aliphatic rings. The molecule has 0 aromatic heterocycles. The van der Waals surface area contributed by atoms with Gasteiger partial charge in [0.1, 0.15) is 11.4 Å². The van der Waals surface area contributed by atoms with Crippen LogP contribution in [0.15, 0.2) is 48.7 Å². The van der Waals surface area contributed by atoms with Crippen molar-refractivity contribution in [2.45, 2.75) is 57.7 Å². The van der Waals surface area contributed by atoms with Gasteiger partial charge in [0.2, 0.25) is 0 Å². The predicted molar refractivity (Wildman–Crippen MR) is 131 cm³/mol. The number of nitrogens with zero attached hydrogens (tertiary/aromatic N) is 1. The van der Waals surface area contributed by atoms with Gasteiger partial charge in [-0.1, -0.05) is 24.3 Å². The molecule has 1 saturated heterocycles. The summed E-state index contributed by atoms with van der Waals surface area (Å²) in [4.78, 5) is 13.9. The third kappa shape index (κ3) is 7.37. The Balaban J connectivity index is 0.000000479. The first-order valence-electron chi connectivity index (χ1n) is 11.4. The highest BCUT2D eigenvalue weighted by atomic mass is 16.6. The van der Waals surface area contributed by atoms with E-state index in [1.807, 2.05) is 63.4 Å². The van der Waals surface area contributed by atoms with Gasteiger partial charge in [0, 0.05) is 19.6 Å². The van der Waals surface area contributed by atoms with Crippen LogP contribution in [0.4, 0.5) is 4.79 Å². The Bertz CT molecular complexity index is 935. The van der Waals surface area contributed by atoms with E-state index in [0.29, 0.717) is 25.9 Å². The molecule has 4 N–H and O–H groups in total. The minimum atomic E-state index is -0.924. The highest BCUT2D eigenvalue weighted by Crippen LogP contribution is 2.35. The van der Waals surface area contributed by atoms with Crippen LogP contribution in [0.5, 0.6) is 5.75 Å². The second-order valence-corrected chi connectivity index (χ2v) is 9.43. The Labute approximate surface area is 196 Å². The van der Waals surface area contributed by atoms with Gasteiger partial charge in [0.05, 0.1) is 12.7 Å². The minimum absolute atomic E-state index is 0. The maximum Gasteiger partial charge on any atom is 0.410 e. The van der Waals surface area contributed by atoms with E-state index < -0.39 is 11.2 Å². The summed E-state index contributed by atoms with van der Waals surface area (Å²) in [5.41, 5.74) is -0.546. The lowest BCUT2D eigenvalue weighted by atomic mass is 9.83. The number of fused-ring (bicyclic) bond motifs is 1. The number of hydrogen-bond acceptors (Lipinski definition) is 5. The summed E-state index contributed by atoms with van der Waals surface area (Å²) < 4.78 is 10.7. The van der Waals surface area contributed by atoms with Crippen LogP contribution < -0.4 is 10.1 Å². The first-order chi connectivity index (χ1) is 15.2. The molecule has 0 aliphatic carbocycles. The number of rotatable bonds is 2. The number of piperidine rings is 1. The van der Waals surface area contributed by atoms with Crippen molar-refractivity contribution in [3.05, 3.63) is 54.2 Å². The van der Waals surface area contributed by atoms with Crippen LogP contribution in [-0.2, 0) is 10.3 Å². The molecule has 2 heterocycles. The second kappa shape index (κ2) is 11.4. The molecule has 0 atom stereocenters. The van der Waals surface area contributed by atoms with Crippen molar-refractivity contribution in [1.29, 1.82) is 0 Å². The largest absolute Gasteiger partial charge is 0.497 e. The highest BCUT2D eigenvalue weighted by Gasteiger charge is 2.36. The number of likely N-dealkylation sites (tertiary alicyclic amines) is 1. The monoisotopic (exact) mass is 458 g/mol. The molecule has 182 valence electrons. The number of ether oxygens (including phenoxy) is 2. The molecule has 0 spiro atoms. The Kier molecular flexibility index (Phi) is 9.14. The van der Waals surface area contributed by atoms with Crippen molar-refractivity contribution in [2.24, 2.45) is 0 Å². The molecule has 2 aliphatic heterocycles. The van der Waals surface area contributed by atoms with Crippen LogP contribution in [0.3, 0.4) is 0 Å². The van der Waals surface area contributed by atoms with E-state index in [1.54, 1.807) is 12.0 Å². The smallest absolute Gasteiger partial charge is 0.410 e. The van der Waals surface area contributed by atoms with Gasteiger partial charge in [-0.05, 0) is 87.2 Å². The van der Waals surface area contributed by atoms with Gasteiger partial charge in [-0.2, -0.15) is 0 Å². The van der Waals surface area contributed by atoms with Crippen molar-refractivity contribution in [1.82, 2.24) is 10.2 Å². The molecule has 0 radical (unpaired) electrons. The van der Waals surface area contributed by atoms with Crippen LogP contribution in [-0.4, -0.2) is 53.9 Å². The molecule has 33 heavy (non-hydrogen) atoms. The molecule has 2 aromatic carbocycles. The van der Waals surface area contributed by atoms with Crippen molar-refractivity contribution in [2.75, 3.05) is 26.7 Å². The second-order valence-electron chi connectivity index (χ2n) is 9.43. The fraction of sp³-hybridized carbons (Fsp3) is 0.500. The number of carbonyl (C=O) groups is 1. The third-order valence-electron chi connectivity index (χ3n) is 5.75. The highest BCUT2D eigenvalue weighted by molar-refractivity contribution is 5.84. The van der Waals surface area contributed by atoms with Gasteiger partial charge in [0.15, 0.2) is 0 Å². The maximum absolute atomic E-state index is 12.2. The van der Waals surface area contributed by atoms with Crippen LogP contribution in [0.2, 0.25) is 0 Å². The molecule has 1 fully saturated rings. The summed E-state index contributed by atoms with van der Waals surface area (Å²) in [7, 11) is 1.65. The molecule has 2 aromatic rings. The average Bonchev–Trinajstić information content (AvgIpc) is 2.79. The minimum Gasteiger partial charge on any atom is -0.497 e. The van der Waals surface area contributed by atoms with Crippen LogP contribution in [0, 0.1) is 0 Å². The van der Waals surface area contributed by atoms with Gasteiger partial charge in [-0.25, -0.2) is 4.79 Å². The lowest BCUT2D eigenvalue weighted by Crippen LogP contribution is -2.46. The summed E-state index contributed by atoms with van der Waals surface area (Å²) in [6, 6.07) is 11.9. The van der Waals surface area contributed by atoms with E-state index in [4.69, 9.17) is 9.47 Å². The van der Waals surface area contributed by atoms with Crippen molar-refractivity contribution < 1.29 is 24.9 Å². The van der Waals surface area contributed by atoms with E-state index in [2.05, 4.69) is 11.4 Å². The van der Waals surface area contributed by atoms with Gasteiger partial charge >= 0.3 is 6.09 Å². The molecule has 7 nitrogen and oxygen atoms in total. The molecular formula is C26H38N2O5. The van der Waals surface area contributed by atoms with Crippen LogP contribution in [0.1, 0.15) is 52.0 Å². The lowest BCUT2D eigenvalue weighted by Gasteiger charge is -2.39. The zero-order valence-corrected chi connectivity index (χ0v) is 20.2. The van der Waals surface area contributed by atoms with E-state index in [9.17, 15) is 9.90 Å². The third-order valence-corrected chi connectivity index (χ3v) is 5.75. The first kappa shape index (κ1) is 26.5. The standard InChI is InChI=1S/C21H27NO4.C5H9N.H2O/c1-20(2,3)26-19(23)22-11-9-21(24,10-12-22)17-7-5-16-14-18(25-4)8-6-15(16)13-17;1-2-4-6-5-3-1;/h5-8,13-14,24H,9-12H2,1-4H3;2,4,6H,1,3,5H2;1H2. The SMILES string of the molecule is C1=CNCCC1.COc1ccc2cc(C3(O)CCN(C(=O)OC(C)(C)C)CC3)ccc2c1.O. The molecule has 0 unspecified atom stereocenters. The normalized spacial score (nSPS) is 17.2. The maximum atomic E-state index is 12.2. The Morgan fingerprint density at radius 1 is 1.09 bits per heavy atom. The van der Waals surface area contributed by atoms with Crippen molar-refractivity contribution in [3.63, 3.8) is 0 Å². The molecule has 7 heteroatoms. The number of aliphatic hydroxyl groups is 1. The Hall–Kier alpha value is -2.77. The number of hydrogen-bond donors (Lipinski definition) is 2. The fourth-order valence-electron chi connectivity index (χ4n) is 3.89. The number of amides is 1. The zero-order chi connectivity index (χ0) is 23.2. The van der Waals surface area contributed by atoms with E-state index in [-0.39, 0.29) is 11.6 Å². The van der Waals surface area contributed by atoms with E-state index >= 15 is 0 Å². The topological polar surface area (TPSA) is 103 Å². The van der Waals surface area contributed by atoms with Crippen LogP contribution in [0.25, 0.3) is 10.8 Å². The molecule has 1 amide bonds. The predicted octanol–water partition coefficient (Wildman–Crippen LogP) is 4.13. The number of carbonyl (C=O) groups excluding carboxylic acids is 1. The number of benzene rings is 2. The Morgan fingerprint density at radius 3 is 2.27 bits per heavy atom. The Morgan fingerprint density at radius 2 is 1.76 bits per heavy atom. The molecular weight excluding hydrogens is 420 g/mol. The first-order valence-corrected chi connectivity index (χ1v) is 11.4. The lowest BCUT2D eigenvalue weighted by molar-refractivity contribution is -0.0355. The fourth-order valence-corrected chi connectivity index (χ4v) is 3.89. The van der Waals surface area contributed by atoms with Crippen molar-refractivity contribution >= 4 is 16.9 Å². The van der Waals surface area contributed by atoms with Crippen LogP contribution >= 0.6 is 0 Å². The van der Waals surface area contributed by atoms with E-state index in [0.717, 1.165) is 28.6 Å². The van der Waals surface area contributed by atoms with Gasteiger partial charge in [0.25, 0.3) is 0 Å². The zero-order valence-electron chi connectivity index (χ0n) is 20.2. The summed E-state index contributed by atoms with van der Waals surface area (Å²) in [6.07, 6.45) is 7.41. The summed E-state index contributed by atoms with van der Waals surface area (Å²) >= 11 is 0. The number of allylic oxidation sites excluding steroid dienone is 1. The van der Waals surface area contributed by atoms with Crippen molar-refractivity contribution in [3.8, 4) is 5.75 Å². The average molecular weight is 459 g/mol. The summed E-state index contributed by atoms with van der Waals surface area (Å²) in [6.45, 7) is 7.69. The molecule has 0 bridgehead atoms. The van der Waals surface area contributed by atoms with Gasteiger partial charge in [-0.3, -0.25) is 0 Å². The number of methoxy groups -OCH3 is 1. The summed E-state index contributed by atoms with van der Waals surface area (Å²) in [5.74, 6) is 0.814. The van der Waals surface area contributed by atoms with Gasteiger partial charge < -0.3 is 30.3 Å². The van der Waals surface area contributed by atoms with Gasteiger partial charge in [-0.15, -0.1) is 0 Å². The summed E-state index contributed by atoms with van der Waals surface area (Å²) in [5, 5.41) is 16.4. The molecule has 0 saturated carbocycles.